The van der Waals surface area contributed by atoms with Gasteiger partial charge >= 0.3 is 6.03 Å². The molecular weight excluding hydrogens is 416 g/mol. The van der Waals surface area contributed by atoms with Crippen LogP contribution in [0.5, 0.6) is 0 Å². The van der Waals surface area contributed by atoms with Crippen LogP contribution in [0.2, 0.25) is 0 Å². The van der Waals surface area contributed by atoms with E-state index in [0.717, 1.165) is 11.1 Å². The molecule has 2 N–H and O–H groups in total. The Morgan fingerprint density at radius 1 is 0.969 bits per heavy atom. The molecule has 4 rings (SSSR count). The van der Waals surface area contributed by atoms with E-state index in [1.165, 1.54) is 26.0 Å². The summed E-state index contributed by atoms with van der Waals surface area (Å²) in [6.45, 7) is 4.44. The van der Waals surface area contributed by atoms with Crippen LogP contribution in [0, 0.1) is 11.6 Å². The number of nitrogens with one attached hydrogen (secondary N) is 1. The molecule has 2 heterocycles. The number of hydrogen-bond donors (Lipinski definition) is 2. The molecule has 0 saturated carbocycles. The molecule has 0 unspecified atom stereocenters. The predicted molar refractivity (Wildman–Crippen MR) is 116 cm³/mol. The zero-order valence-electron chi connectivity index (χ0n) is 18.2. The van der Waals surface area contributed by atoms with Crippen molar-refractivity contribution in [1.29, 1.82) is 0 Å². The van der Waals surface area contributed by atoms with Gasteiger partial charge in [0.25, 0.3) is 5.91 Å². The highest BCUT2D eigenvalue weighted by Crippen LogP contribution is 2.34. The third-order valence-electron chi connectivity index (χ3n) is 6.23. The maximum atomic E-state index is 14.9. The summed E-state index contributed by atoms with van der Waals surface area (Å²) in [5, 5.41) is 12.4. The molecule has 2 aromatic carbocycles. The number of fused-ring (bicyclic) bond motifs is 1. The van der Waals surface area contributed by atoms with Crippen LogP contribution in [-0.2, 0) is 17.9 Å². The van der Waals surface area contributed by atoms with Crippen molar-refractivity contribution in [1.82, 2.24) is 9.80 Å². The summed E-state index contributed by atoms with van der Waals surface area (Å²) in [7, 11) is 0. The number of benzene rings is 2. The molecule has 0 aromatic heterocycles. The number of hydrogen-bond acceptors (Lipinski definition) is 3. The second kappa shape index (κ2) is 8.50. The van der Waals surface area contributed by atoms with Crippen LogP contribution in [0.3, 0.4) is 0 Å². The Morgan fingerprint density at radius 3 is 2.12 bits per heavy atom. The molecule has 2 aromatic rings. The highest BCUT2D eigenvalue weighted by Gasteiger charge is 2.33. The number of carbonyl (C=O) groups excluding carboxylic acids is 2. The summed E-state index contributed by atoms with van der Waals surface area (Å²) in [5.74, 6) is -2.67. The van der Waals surface area contributed by atoms with Gasteiger partial charge in [0.1, 0.15) is 5.60 Å². The third kappa shape index (κ3) is 4.32. The van der Waals surface area contributed by atoms with Crippen LogP contribution < -0.4 is 5.32 Å². The maximum Gasteiger partial charge on any atom is 0.322 e. The second-order valence-corrected chi connectivity index (χ2v) is 9.01. The van der Waals surface area contributed by atoms with Gasteiger partial charge in [-0.25, -0.2) is 13.6 Å². The van der Waals surface area contributed by atoms with E-state index in [4.69, 9.17) is 0 Å². The summed E-state index contributed by atoms with van der Waals surface area (Å²) >= 11 is 0. The average Bonchev–Trinajstić information content (AvgIpc) is 3.21. The number of nitrogens with zero attached hydrogens (tertiary/aromatic N) is 2. The number of likely N-dealkylation sites (tertiary alicyclic amines) is 1. The lowest BCUT2D eigenvalue weighted by molar-refractivity contribution is -0.148. The number of aliphatic hydroxyl groups is 1. The first-order valence-corrected chi connectivity index (χ1v) is 10.8. The molecule has 0 aliphatic carbocycles. The Balaban J connectivity index is 1.41. The molecule has 0 atom stereocenters. The largest absolute Gasteiger partial charge is 0.381 e. The minimum absolute atomic E-state index is 0.193. The lowest BCUT2D eigenvalue weighted by Gasteiger charge is -2.35. The number of piperidine rings is 1. The van der Waals surface area contributed by atoms with E-state index in [0.29, 0.717) is 39.0 Å². The molecule has 2 aliphatic rings. The molecule has 1 fully saturated rings. The molecule has 170 valence electrons. The first-order chi connectivity index (χ1) is 15.1. The molecule has 2 aliphatic heterocycles. The Bertz CT molecular complexity index is 1020. The summed E-state index contributed by atoms with van der Waals surface area (Å²) < 4.78 is 29.7. The first kappa shape index (κ1) is 22.2. The van der Waals surface area contributed by atoms with Gasteiger partial charge in [-0.3, -0.25) is 4.79 Å². The normalized spacial score (nSPS) is 16.8. The van der Waals surface area contributed by atoms with E-state index >= 15 is 0 Å². The molecule has 3 amide bonds. The smallest absolute Gasteiger partial charge is 0.322 e. The van der Waals surface area contributed by atoms with Gasteiger partial charge in [0.15, 0.2) is 11.6 Å². The molecule has 0 bridgehead atoms. The maximum absolute atomic E-state index is 14.9. The number of amides is 3. The number of halogens is 2. The fraction of sp³-hybridized carbons (Fsp3) is 0.417. The van der Waals surface area contributed by atoms with Crippen molar-refractivity contribution in [2.45, 2.75) is 51.3 Å². The van der Waals surface area contributed by atoms with Crippen LogP contribution in [0.4, 0.5) is 19.3 Å². The minimum atomic E-state index is -1.46. The standard InChI is InChI=1S/C24H27F2N3O3/c1-24(2,32)22(30)28-11-9-15(10-12-28)18-7-8-19(21(26)20(18)25)27-23(31)29-13-16-5-3-4-6-17(16)14-29/h3-8,15,32H,9-14H2,1-2H3,(H,27,31). The summed E-state index contributed by atoms with van der Waals surface area (Å²) in [5.41, 5.74) is 0.671. The lowest BCUT2D eigenvalue weighted by Crippen LogP contribution is -2.48. The van der Waals surface area contributed by atoms with Crippen molar-refractivity contribution in [3.63, 3.8) is 0 Å². The number of rotatable bonds is 3. The minimum Gasteiger partial charge on any atom is -0.381 e. The van der Waals surface area contributed by atoms with E-state index in [2.05, 4.69) is 5.32 Å². The highest BCUT2D eigenvalue weighted by molar-refractivity contribution is 5.90. The Hall–Kier alpha value is -3.00. The molecule has 32 heavy (non-hydrogen) atoms. The van der Waals surface area contributed by atoms with Crippen molar-refractivity contribution in [2.24, 2.45) is 0 Å². The number of anilines is 1. The molecule has 6 nitrogen and oxygen atoms in total. The van der Waals surface area contributed by atoms with Crippen LogP contribution >= 0.6 is 0 Å². The Labute approximate surface area is 185 Å². The quantitative estimate of drug-likeness (QED) is 0.754. The lowest BCUT2D eigenvalue weighted by atomic mass is 9.88. The SMILES string of the molecule is CC(C)(O)C(=O)N1CCC(c2ccc(NC(=O)N3Cc4ccccc4C3)c(F)c2F)CC1. The van der Waals surface area contributed by atoms with Crippen LogP contribution in [0.15, 0.2) is 36.4 Å². The summed E-state index contributed by atoms with van der Waals surface area (Å²) in [6, 6.07) is 10.1. The van der Waals surface area contributed by atoms with E-state index in [1.54, 1.807) is 9.80 Å². The van der Waals surface area contributed by atoms with Crippen molar-refractivity contribution in [3.05, 3.63) is 64.7 Å². The van der Waals surface area contributed by atoms with Gasteiger partial charge in [0.2, 0.25) is 0 Å². The predicted octanol–water partition coefficient (Wildman–Crippen LogP) is 3.99. The van der Waals surface area contributed by atoms with Crippen LogP contribution in [0.1, 0.15) is 49.3 Å². The average molecular weight is 443 g/mol. The van der Waals surface area contributed by atoms with Crippen LogP contribution in [-0.4, -0.2) is 45.5 Å². The van der Waals surface area contributed by atoms with Gasteiger partial charge in [-0.05, 0) is 55.4 Å². The van der Waals surface area contributed by atoms with Gasteiger partial charge in [-0.1, -0.05) is 30.3 Å². The molecule has 0 spiro atoms. The van der Waals surface area contributed by atoms with Crippen molar-refractivity contribution in [3.8, 4) is 0 Å². The zero-order valence-corrected chi connectivity index (χ0v) is 18.2. The second-order valence-electron chi connectivity index (χ2n) is 9.01. The zero-order chi connectivity index (χ0) is 23.0. The monoisotopic (exact) mass is 443 g/mol. The van der Waals surface area contributed by atoms with Crippen molar-refractivity contribution < 1.29 is 23.5 Å². The first-order valence-electron chi connectivity index (χ1n) is 10.8. The fourth-order valence-electron chi connectivity index (χ4n) is 4.43. The number of urea groups is 1. The van der Waals surface area contributed by atoms with Gasteiger partial charge < -0.3 is 20.2 Å². The van der Waals surface area contributed by atoms with E-state index < -0.39 is 23.3 Å². The van der Waals surface area contributed by atoms with Crippen molar-refractivity contribution >= 4 is 17.6 Å². The van der Waals surface area contributed by atoms with Crippen LogP contribution in [0.25, 0.3) is 0 Å². The Kier molecular flexibility index (Phi) is 5.90. The topological polar surface area (TPSA) is 72.9 Å². The van der Waals surface area contributed by atoms with Gasteiger partial charge in [0, 0.05) is 26.2 Å². The van der Waals surface area contributed by atoms with E-state index in [-0.39, 0.29) is 23.1 Å². The van der Waals surface area contributed by atoms with E-state index in [1.807, 2.05) is 24.3 Å². The van der Waals surface area contributed by atoms with Gasteiger partial charge in [-0.15, -0.1) is 0 Å². The summed E-state index contributed by atoms with van der Waals surface area (Å²) in [4.78, 5) is 27.9. The van der Waals surface area contributed by atoms with E-state index in [9.17, 15) is 23.5 Å². The Morgan fingerprint density at radius 2 is 1.56 bits per heavy atom. The molecule has 8 heteroatoms. The third-order valence-corrected chi connectivity index (χ3v) is 6.23. The molecule has 0 radical (unpaired) electrons. The van der Waals surface area contributed by atoms with Gasteiger partial charge in [0.05, 0.1) is 5.69 Å². The highest BCUT2D eigenvalue weighted by atomic mass is 19.2. The fourth-order valence-corrected chi connectivity index (χ4v) is 4.43. The molecular formula is C24H27F2N3O3. The summed E-state index contributed by atoms with van der Waals surface area (Å²) in [6.07, 6.45) is 0.936. The molecule has 1 saturated heterocycles. The number of carbonyl (C=O) groups is 2. The van der Waals surface area contributed by atoms with Gasteiger partial charge in [-0.2, -0.15) is 0 Å². The van der Waals surface area contributed by atoms with Crippen molar-refractivity contribution in [2.75, 3.05) is 18.4 Å².